The molecule has 0 amide bonds. The molecule has 0 aromatic carbocycles. The standard InChI is InChI=1S/C10H21NO2S/c1-4-13-10(12)7-9(3)14-8(2)5-6-11/h8-9H,4-7,11H2,1-3H3. The van der Waals surface area contributed by atoms with Gasteiger partial charge >= 0.3 is 5.97 Å². The smallest absolute Gasteiger partial charge is 0.306 e. The molecule has 84 valence electrons. The highest BCUT2D eigenvalue weighted by atomic mass is 32.2. The number of rotatable bonds is 7. The van der Waals surface area contributed by atoms with Crippen molar-refractivity contribution in [3.63, 3.8) is 0 Å². The van der Waals surface area contributed by atoms with Gasteiger partial charge in [-0.15, -0.1) is 0 Å². The van der Waals surface area contributed by atoms with Gasteiger partial charge < -0.3 is 10.5 Å². The first-order valence-electron chi connectivity index (χ1n) is 5.11. The Kier molecular flexibility index (Phi) is 7.99. The van der Waals surface area contributed by atoms with Crippen LogP contribution >= 0.6 is 11.8 Å². The van der Waals surface area contributed by atoms with Gasteiger partial charge in [0.15, 0.2) is 0 Å². The number of hydrogen-bond donors (Lipinski definition) is 1. The van der Waals surface area contributed by atoms with E-state index in [0.717, 1.165) is 6.42 Å². The van der Waals surface area contributed by atoms with Crippen molar-refractivity contribution in [2.24, 2.45) is 5.73 Å². The molecule has 0 saturated carbocycles. The number of carbonyl (C=O) groups excluding carboxylic acids is 1. The van der Waals surface area contributed by atoms with Gasteiger partial charge in [-0.1, -0.05) is 13.8 Å². The monoisotopic (exact) mass is 219 g/mol. The van der Waals surface area contributed by atoms with Crippen LogP contribution in [0.2, 0.25) is 0 Å². The van der Waals surface area contributed by atoms with Gasteiger partial charge in [-0.3, -0.25) is 4.79 Å². The number of nitrogens with two attached hydrogens (primary N) is 1. The first-order valence-corrected chi connectivity index (χ1v) is 6.05. The average molecular weight is 219 g/mol. The van der Waals surface area contributed by atoms with Crippen molar-refractivity contribution in [3.05, 3.63) is 0 Å². The van der Waals surface area contributed by atoms with Gasteiger partial charge in [0, 0.05) is 10.5 Å². The summed E-state index contributed by atoms with van der Waals surface area (Å²) in [5.41, 5.74) is 5.45. The van der Waals surface area contributed by atoms with E-state index in [4.69, 9.17) is 10.5 Å². The summed E-state index contributed by atoms with van der Waals surface area (Å²) in [5.74, 6) is -0.104. The van der Waals surface area contributed by atoms with Crippen LogP contribution in [0.15, 0.2) is 0 Å². The molecule has 0 heterocycles. The lowest BCUT2D eigenvalue weighted by Crippen LogP contribution is -2.15. The van der Waals surface area contributed by atoms with Crippen molar-refractivity contribution < 1.29 is 9.53 Å². The molecular formula is C10H21NO2S. The Hall–Kier alpha value is -0.220. The zero-order valence-electron chi connectivity index (χ0n) is 9.29. The highest BCUT2D eigenvalue weighted by Gasteiger charge is 2.13. The van der Waals surface area contributed by atoms with Gasteiger partial charge in [-0.2, -0.15) is 11.8 Å². The molecule has 0 bridgehead atoms. The highest BCUT2D eigenvalue weighted by molar-refractivity contribution is 8.00. The molecule has 3 nitrogen and oxygen atoms in total. The number of thioether (sulfide) groups is 1. The van der Waals surface area contributed by atoms with Crippen LogP contribution in [0, 0.1) is 0 Å². The van der Waals surface area contributed by atoms with E-state index in [2.05, 4.69) is 13.8 Å². The van der Waals surface area contributed by atoms with Crippen molar-refractivity contribution in [1.29, 1.82) is 0 Å². The second-order valence-electron chi connectivity index (χ2n) is 3.34. The molecule has 0 rings (SSSR count). The third kappa shape index (κ3) is 7.21. The van der Waals surface area contributed by atoms with Crippen LogP contribution in [0.3, 0.4) is 0 Å². The number of ether oxygens (including phenoxy) is 1. The van der Waals surface area contributed by atoms with Crippen molar-refractivity contribution in [1.82, 2.24) is 0 Å². The first kappa shape index (κ1) is 13.8. The average Bonchev–Trinajstić information content (AvgIpc) is 2.03. The molecule has 0 saturated heterocycles. The van der Waals surface area contributed by atoms with Crippen molar-refractivity contribution in [2.75, 3.05) is 13.2 Å². The molecule has 2 unspecified atom stereocenters. The predicted octanol–water partition coefficient (Wildman–Crippen LogP) is 1.80. The van der Waals surface area contributed by atoms with Crippen LogP contribution in [-0.2, 0) is 9.53 Å². The van der Waals surface area contributed by atoms with Gasteiger partial charge in [0.1, 0.15) is 0 Å². The van der Waals surface area contributed by atoms with E-state index in [1.165, 1.54) is 0 Å². The second kappa shape index (κ2) is 8.12. The zero-order chi connectivity index (χ0) is 11.0. The van der Waals surface area contributed by atoms with Crippen LogP contribution in [0.5, 0.6) is 0 Å². The highest BCUT2D eigenvalue weighted by Crippen LogP contribution is 2.22. The summed E-state index contributed by atoms with van der Waals surface area (Å²) in [6, 6.07) is 0. The third-order valence-corrected chi connectivity index (χ3v) is 3.13. The summed E-state index contributed by atoms with van der Waals surface area (Å²) in [4.78, 5) is 11.1. The number of hydrogen-bond acceptors (Lipinski definition) is 4. The van der Waals surface area contributed by atoms with E-state index < -0.39 is 0 Å². The molecule has 4 heteroatoms. The van der Waals surface area contributed by atoms with E-state index in [-0.39, 0.29) is 5.97 Å². The molecule has 0 aromatic rings. The Bertz CT molecular complexity index is 164. The minimum atomic E-state index is -0.104. The molecule has 14 heavy (non-hydrogen) atoms. The molecule has 0 aliphatic carbocycles. The summed E-state index contributed by atoms with van der Waals surface area (Å²) < 4.78 is 4.88. The maximum atomic E-state index is 11.1. The normalized spacial score (nSPS) is 14.9. The molecule has 0 fully saturated rings. The Morgan fingerprint density at radius 2 is 2.07 bits per heavy atom. The fourth-order valence-corrected chi connectivity index (χ4v) is 2.50. The van der Waals surface area contributed by atoms with E-state index in [1.807, 2.05) is 6.92 Å². The Morgan fingerprint density at radius 1 is 1.43 bits per heavy atom. The minimum Gasteiger partial charge on any atom is -0.466 e. The molecule has 0 aromatic heterocycles. The Labute approximate surface area is 90.8 Å². The lowest BCUT2D eigenvalue weighted by Gasteiger charge is -2.15. The Morgan fingerprint density at radius 3 is 2.57 bits per heavy atom. The summed E-state index contributed by atoms with van der Waals surface area (Å²) >= 11 is 1.80. The van der Waals surface area contributed by atoms with Gasteiger partial charge in [-0.25, -0.2) is 0 Å². The topological polar surface area (TPSA) is 52.3 Å². The number of carbonyl (C=O) groups is 1. The second-order valence-corrected chi connectivity index (χ2v) is 5.23. The van der Waals surface area contributed by atoms with Crippen LogP contribution in [0.4, 0.5) is 0 Å². The zero-order valence-corrected chi connectivity index (χ0v) is 10.1. The molecule has 0 aliphatic heterocycles. The summed E-state index contributed by atoms with van der Waals surface area (Å²) in [5, 5.41) is 0.833. The molecule has 0 spiro atoms. The SMILES string of the molecule is CCOC(=O)CC(C)SC(C)CCN. The lowest BCUT2D eigenvalue weighted by atomic mass is 10.3. The quantitative estimate of drug-likeness (QED) is 0.663. The maximum Gasteiger partial charge on any atom is 0.306 e. The van der Waals surface area contributed by atoms with E-state index in [0.29, 0.717) is 30.1 Å². The van der Waals surface area contributed by atoms with E-state index in [9.17, 15) is 4.79 Å². The third-order valence-electron chi connectivity index (χ3n) is 1.80. The first-order chi connectivity index (χ1) is 6.60. The van der Waals surface area contributed by atoms with Gasteiger partial charge in [0.2, 0.25) is 0 Å². The fourth-order valence-electron chi connectivity index (χ4n) is 1.20. The molecule has 2 atom stereocenters. The lowest BCUT2D eigenvalue weighted by molar-refractivity contribution is -0.142. The van der Waals surface area contributed by atoms with Gasteiger partial charge in [-0.05, 0) is 19.9 Å². The summed E-state index contributed by atoms with van der Waals surface area (Å²) in [7, 11) is 0. The fraction of sp³-hybridized carbons (Fsp3) is 0.900. The molecule has 0 radical (unpaired) electrons. The van der Waals surface area contributed by atoms with Crippen molar-refractivity contribution in [3.8, 4) is 0 Å². The molecule has 0 aliphatic rings. The summed E-state index contributed by atoms with van der Waals surface area (Å²) in [6.45, 7) is 7.19. The van der Waals surface area contributed by atoms with E-state index in [1.54, 1.807) is 11.8 Å². The van der Waals surface area contributed by atoms with Gasteiger partial charge in [0.25, 0.3) is 0 Å². The molecular weight excluding hydrogens is 198 g/mol. The minimum absolute atomic E-state index is 0.104. The van der Waals surface area contributed by atoms with Gasteiger partial charge in [0.05, 0.1) is 13.0 Å². The number of esters is 1. The largest absolute Gasteiger partial charge is 0.466 e. The van der Waals surface area contributed by atoms with Crippen molar-refractivity contribution in [2.45, 2.75) is 44.1 Å². The van der Waals surface area contributed by atoms with E-state index >= 15 is 0 Å². The van der Waals surface area contributed by atoms with Crippen LogP contribution in [0.1, 0.15) is 33.6 Å². The molecule has 2 N–H and O–H groups in total. The maximum absolute atomic E-state index is 11.1. The van der Waals surface area contributed by atoms with Crippen LogP contribution < -0.4 is 5.73 Å². The predicted molar refractivity (Wildman–Crippen MR) is 61.4 cm³/mol. The Balaban J connectivity index is 3.63. The van der Waals surface area contributed by atoms with Crippen LogP contribution in [0.25, 0.3) is 0 Å². The van der Waals surface area contributed by atoms with Crippen LogP contribution in [-0.4, -0.2) is 29.6 Å². The van der Waals surface area contributed by atoms with Crippen molar-refractivity contribution >= 4 is 17.7 Å². The summed E-state index contributed by atoms with van der Waals surface area (Å²) in [6.07, 6.45) is 1.49.